The Balaban J connectivity index is 2.18. The maximum Gasteiger partial charge on any atom is 0.0351 e. The molecule has 0 spiro atoms. The Bertz CT molecular complexity index is 107. The number of nitrogens with zero attached hydrogens (tertiary/aromatic N) is 1. The molecule has 1 fully saturated rings. The van der Waals surface area contributed by atoms with E-state index < -0.39 is 0 Å². The van der Waals surface area contributed by atoms with E-state index in [9.17, 15) is 0 Å². The molecule has 13 heavy (non-hydrogen) atoms. The molecule has 0 aliphatic carbocycles. The largest absolute Gasteiger partial charge is 0.302 e. The summed E-state index contributed by atoms with van der Waals surface area (Å²) in [5, 5.41) is 0. The van der Waals surface area contributed by atoms with Crippen molar-refractivity contribution in [2.45, 2.75) is 44.9 Å². The molecule has 0 unspecified atom stereocenters. The van der Waals surface area contributed by atoms with Crippen LogP contribution in [0.4, 0.5) is 0 Å². The average Bonchev–Trinajstić information content (AvgIpc) is 2.16. The van der Waals surface area contributed by atoms with Crippen LogP contribution in [0.2, 0.25) is 0 Å². The van der Waals surface area contributed by atoms with Gasteiger partial charge in [-0.2, -0.15) is 0 Å². The highest BCUT2D eigenvalue weighted by Gasteiger charge is 2.05. The van der Waals surface area contributed by atoms with E-state index in [0.29, 0.717) is 0 Å². The molecule has 1 nitrogen and oxygen atoms in total. The van der Waals surface area contributed by atoms with Gasteiger partial charge in [0.2, 0.25) is 0 Å². The molecule has 0 saturated carbocycles. The zero-order chi connectivity index (χ0) is 9.36. The SMILES string of the molecule is ClCCN1CCCCCCCCC1. The van der Waals surface area contributed by atoms with Crippen LogP contribution in [-0.4, -0.2) is 30.4 Å². The Hall–Kier alpha value is 0.250. The quantitative estimate of drug-likeness (QED) is 0.623. The van der Waals surface area contributed by atoms with Gasteiger partial charge in [0.15, 0.2) is 0 Å². The van der Waals surface area contributed by atoms with E-state index in [1.807, 2.05) is 0 Å². The number of hydrogen-bond acceptors (Lipinski definition) is 1. The monoisotopic (exact) mass is 203 g/mol. The molecule has 0 radical (unpaired) electrons. The zero-order valence-electron chi connectivity index (χ0n) is 8.60. The lowest BCUT2D eigenvalue weighted by molar-refractivity contribution is 0.269. The Morgan fingerprint density at radius 1 is 0.769 bits per heavy atom. The minimum absolute atomic E-state index is 0.792. The minimum atomic E-state index is 0.792. The predicted octanol–water partition coefficient (Wildman–Crippen LogP) is 3.27. The van der Waals surface area contributed by atoms with Crippen LogP contribution in [0.3, 0.4) is 0 Å². The molecule has 0 bridgehead atoms. The Kier molecular flexibility index (Phi) is 6.65. The van der Waals surface area contributed by atoms with Crippen LogP contribution < -0.4 is 0 Å². The average molecular weight is 204 g/mol. The summed E-state index contributed by atoms with van der Waals surface area (Å²) in [5.41, 5.74) is 0. The second-order valence-electron chi connectivity index (χ2n) is 4.01. The van der Waals surface area contributed by atoms with Crippen molar-refractivity contribution in [2.24, 2.45) is 0 Å². The van der Waals surface area contributed by atoms with Crippen LogP contribution in [-0.2, 0) is 0 Å². The van der Waals surface area contributed by atoms with Gasteiger partial charge in [0.25, 0.3) is 0 Å². The van der Waals surface area contributed by atoms with Gasteiger partial charge < -0.3 is 4.90 Å². The first-order chi connectivity index (χ1) is 6.43. The lowest BCUT2D eigenvalue weighted by atomic mass is 10.1. The van der Waals surface area contributed by atoms with E-state index in [1.165, 1.54) is 58.0 Å². The summed E-state index contributed by atoms with van der Waals surface area (Å²) >= 11 is 5.76. The van der Waals surface area contributed by atoms with E-state index in [4.69, 9.17) is 11.6 Å². The lowest BCUT2D eigenvalue weighted by Gasteiger charge is -2.22. The van der Waals surface area contributed by atoms with E-state index in [2.05, 4.69) is 4.90 Å². The fourth-order valence-electron chi connectivity index (χ4n) is 2.01. The Morgan fingerprint density at radius 2 is 1.23 bits per heavy atom. The molecule has 1 heterocycles. The van der Waals surface area contributed by atoms with Crippen LogP contribution in [0.25, 0.3) is 0 Å². The van der Waals surface area contributed by atoms with Crippen molar-refractivity contribution < 1.29 is 0 Å². The van der Waals surface area contributed by atoms with Crippen molar-refractivity contribution in [3.05, 3.63) is 0 Å². The second kappa shape index (κ2) is 7.64. The summed E-state index contributed by atoms with van der Waals surface area (Å²) in [6.45, 7) is 3.63. The van der Waals surface area contributed by atoms with Crippen LogP contribution in [0, 0.1) is 0 Å². The van der Waals surface area contributed by atoms with Crippen LogP contribution in [0.1, 0.15) is 44.9 Å². The van der Waals surface area contributed by atoms with Gasteiger partial charge in [-0.3, -0.25) is 0 Å². The molecule has 1 saturated heterocycles. The van der Waals surface area contributed by atoms with E-state index in [-0.39, 0.29) is 0 Å². The maximum absolute atomic E-state index is 5.76. The first kappa shape index (κ1) is 11.3. The summed E-state index contributed by atoms with van der Waals surface area (Å²) in [6.07, 6.45) is 9.91. The maximum atomic E-state index is 5.76. The van der Waals surface area contributed by atoms with Gasteiger partial charge in [0, 0.05) is 12.4 Å². The minimum Gasteiger partial charge on any atom is -0.302 e. The van der Waals surface area contributed by atoms with Gasteiger partial charge in [-0.25, -0.2) is 0 Å². The number of halogens is 1. The van der Waals surface area contributed by atoms with Crippen molar-refractivity contribution in [3.63, 3.8) is 0 Å². The summed E-state index contributed by atoms with van der Waals surface area (Å²) in [7, 11) is 0. The first-order valence-corrected chi connectivity index (χ1v) is 6.25. The summed E-state index contributed by atoms with van der Waals surface area (Å²) in [4.78, 5) is 2.53. The molecule has 1 aliphatic rings. The first-order valence-electron chi connectivity index (χ1n) is 5.72. The third-order valence-electron chi connectivity index (χ3n) is 2.85. The number of rotatable bonds is 2. The van der Waals surface area contributed by atoms with E-state index >= 15 is 0 Å². The van der Waals surface area contributed by atoms with Gasteiger partial charge in [0.05, 0.1) is 0 Å². The molecule has 1 rings (SSSR count). The molecule has 0 aromatic carbocycles. The summed E-state index contributed by atoms with van der Waals surface area (Å²) < 4.78 is 0. The van der Waals surface area contributed by atoms with Crippen molar-refractivity contribution in [1.82, 2.24) is 4.90 Å². The molecular weight excluding hydrogens is 182 g/mol. The molecule has 0 atom stereocenters. The van der Waals surface area contributed by atoms with Crippen LogP contribution >= 0.6 is 11.6 Å². The van der Waals surface area contributed by atoms with Crippen molar-refractivity contribution in [2.75, 3.05) is 25.5 Å². The Morgan fingerprint density at radius 3 is 1.69 bits per heavy atom. The standard InChI is InChI=1S/C11H22ClN/c12-8-11-13-9-6-4-2-1-3-5-7-10-13/h1-11H2. The highest BCUT2D eigenvalue weighted by Crippen LogP contribution is 2.11. The summed E-state index contributed by atoms with van der Waals surface area (Å²) in [6, 6.07) is 0. The third-order valence-corrected chi connectivity index (χ3v) is 3.02. The highest BCUT2D eigenvalue weighted by atomic mass is 35.5. The van der Waals surface area contributed by atoms with E-state index in [0.717, 1.165) is 12.4 Å². The topological polar surface area (TPSA) is 3.24 Å². The molecule has 1 aliphatic heterocycles. The normalized spacial score (nSPS) is 22.8. The molecule has 78 valence electrons. The van der Waals surface area contributed by atoms with E-state index in [1.54, 1.807) is 0 Å². The lowest BCUT2D eigenvalue weighted by Crippen LogP contribution is -2.28. The fourth-order valence-corrected chi connectivity index (χ4v) is 2.25. The molecule has 0 aromatic rings. The molecule has 0 amide bonds. The Labute approximate surface area is 87.4 Å². The highest BCUT2D eigenvalue weighted by molar-refractivity contribution is 6.18. The van der Waals surface area contributed by atoms with Gasteiger partial charge >= 0.3 is 0 Å². The van der Waals surface area contributed by atoms with Crippen molar-refractivity contribution in [3.8, 4) is 0 Å². The zero-order valence-corrected chi connectivity index (χ0v) is 9.36. The summed E-state index contributed by atoms with van der Waals surface area (Å²) in [5.74, 6) is 0.792. The van der Waals surface area contributed by atoms with Crippen molar-refractivity contribution >= 4 is 11.6 Å². The molecule has 0 N–H and O–H groups in total. The van der Waals surface area contributed by atoms with Gasteiger partial charge in [0.1, 0.15) is 0 Å². The number of hydrogen-bond donors (Lipinski definition) is 0. The van der Waals surface area contributed by atoms with Crippen LogP contribution in [0.5, 0.6) is 0 Å². The molecular formula is C11H22ClN. The van der Waals surface area contributed by atoms with Gasteiger partial charge in [-0.05, 0) is 25.9 Å². The number of alkyl halides is 1. The second-order valence-corrected chi connectivity index (χ2v) is 4.38. The smallest absolute Gasteiger partial charge is 0.0351 e. The third kappa shape index (κ3) is 5.53. The fraction of sp³-hybridized carbons (Fsp3) is 1.00. The van der Waals surface area contributed by atoms with Gasteiger partial charge in [-0.1, -0.05) is 32.1 Å². The van der Waals surface area contributed by atoms with Gasteiger partial charge in [-0.15, -0.1) is 11.6 Å². The molecule has 0 aromatic heterocycles. The van der Waals surface area contributed by atoms with Crippen molar-refractivity contribution in [1.29, 1.82) is 0 Å². The predicted molar refractivity (Wildman–Crippen MR) is 59.5 cm³/mol. The van der Waals surface area contributed by atoms with Crippen LogP contribution in [0.15, 0.2) is 0 Å². The molecule has 2 heteroatoms.